The molecular formula is C18H22F3N5O2. The summed E-state index contributed by atoms with van der Waals surface area (Å²) in [5.41, 5.74) is -0.216. The molecule has 28 heavy (non-hydrogen) atoms. The fraction of sp³-hybridized carbons (Fsp3) is 0.500. The number of halogens is 3. The summed E-state index contributed by atoms with van der Waals surface area (Å²) in [6.07, 6.45) is -1.23. The van der Waals surface area contributed by atoms with Gasteiger partial charge in [-0.2, -0.15) is 13.2 Å². The summed E-state index contributed by atoms with van der Waals surface area (Å²) in [6, 6.07) is 5.54. The van der Waals surface area contributed by atoms with Crippen molar-refractivity contribution in [1.82, 2.24) is 25.2 Å². The average molecular weight is 397 g/mol. The van der Waals surface area contributed by atoms with E-state index < -0.39 is 17.6 Å². The van der Waals surface area contributed by atoms with E-state index in [9.17, 15) is 18.0 Å². The van der Waals surface area contributed by atoms with Gasteiger partial charge in [0.2, 0.25) is 0 Å². The molecule has 1 aromatic heterocycles. The first-order valence-electron chi connectivity index (χ1n) is 9.07. The highest BCUT2D eigenvalue weighted by Crippen LogP contribution is 2.33. The molecule has 1 amide bonds. The SMILES string of the molecule is O=C(NCCO)c1cn([C@H]2CCCN(Cc3ccccc3C(F)(F)F)C2)nn1. The second-order valence-electron chi connectivity index (χ2n) is 6.75. The minimum Gasteiger partial charge on any atom is -0.395 e. The zero-order valence-corrected chi connectivity index (χ0v) is 15.2. The highest BCUT2D eigenvalue weighted by Gasteiger charge is 2.33. The van der Waals surface area contributed by atoms with Crippen LogP contribution < -0.4 is 5.32 Å². The van der Waals surface area contributed by atoms with Crippen molar-refractivity contribution < 1.29 is 23.1 Å². The second-order valence-corrected chi connectivity index (χ2v) is 6.75. The standard InChI is InChI=1S/C18H22F3N5O2/c19-18(20,21)15-6-2-1-4-13(15)10-25-8-3-5-14(11-25)26-12-16(23-24-26)17(28)22-7-9-27/h1-2,4,6,12,14,27H,3,5,7-11H2,(H,22,28)/t14-/m0/s1. The van der Waals surface area contributed by atoms with Gasteiger partial charge >= 0.3 is 6.18 Å². The van der Waals surface area contributed by atoms with E-state index >= 15 is 0 Å². The largest absolute Gasteiger partial charge is 0.416 e. The third-order valence-electron chi connectivity index (χ3n) is 4.71. The number of carbonyl (C=O) groups is 1. The lowest BCUT2D eigenvalue weighted by Gasteiger charge is -2.33. The van der Waals surface area contributed by atoms with Crippen LogP contribution in [0.15, 0.2) is 30.5 Å². The second kappa shape index (κ2) is 8.70. The molecule has 1 aliphatic rings. The van der Waals surface area contributed by atoms with E-state index in [1.165, 1.54) is 18.3 Å². The van der Waals surface area contributed by atoms with Crippen LogP contribution in [-0.2, 0) is 12.7 Å². The van der Waals surface area contributed by atoms with Gasteiger partial charge in [-0.15, -0.1) is 5.10 Å². The molecule has 7 nitrogen and oxygen atoms in total. The van der Waals surface area contributed by atoms with Gasteiger partial charge in [-0.25, -0.2) is 4.68 Å². The molecule has 2 heterocycles. The van der Waals surface area contributed by atoms with Crippen LogP contribution in [0.3, 0.4) is 0 Å². The maximum absolute atomic E-state index is 13.2. The van der Waals surface area contributed by atoms with Crippen LogP contribution in [0.2, 0.25) is 0 Å². The van der Waals surface area contributed by atoms with Gasteiger partial charge in [0.15, 0.2) is 5.69 Å². The van der Waals surface area contributed by atoms with Crippen molar-refractivity contribution in [2.24, 2.45) is 0 Å². The number of nitrogens with one attached hydrogen (secondary N) is 1. The summed E-state index contributed by atoms with van der Waals surface area (Å²) in [4.78, 5) is 13.8. The number of nitrogens with zero attached hydrogens (tertiary/aromatic N) is 4. The maximum Gasteiger partial charge on any atom is 0.416 e. The summed E-state index contributed by atoms with van der Waals surface area (Å²) in [7, 11) is 0. The van der Waals surface area contributed by atoms with Gasteiger partial charge in [-0.05, 0) is 31.0 Å². The molecule has 3 rings (SSSR count). The molecule has 1 aromatic carbocycles. The highest BCUT2D eigenvalue weighted by molar-refractivity contribution is 5.91. The summed E-state index contributed by atoms with van der Waals surface area (Å²) in [5, 5.41) is 19.1. The molecule has 10 heteroatoms. The van der Waals surface area contributed by atoms with E-state index in [-0.39, 0.29) is 37.0 Å². The van der Waals surface area contributed by atoms with E-state index in [4.69, 9.17) is 5.11 Å². The summed E-state index contributed by atoms with van der Waals surface area (Å²) >= 11 is 0. The Bertz CT molecular complexity index is 809. The molecule has 0 saturated carbocycles. The predicted molar refractivity (Wildman–Crippen MR) is 94.4 cm³/mol. The minimum atomic E-state index is -4.38. The van der Waals surface area contributed by atoms with Crippen LogP contribution in [0, 0.1) is 0 Å². The molecular weight excluding hydrogens is 375 g/mol. The Morgan fingerprint density at radius 1 is 1.32 bits per heavy atom. The van der Waals surface area contributed by atoms with Gasteiger partial charge in [0, 0.05) is 19.6 Å². The first-order chi connectivity index (χ1) is 13.4. The number of hydrogen-bond acceptors (Lipinski definition) is 5. The molecule has 0 unspecified atom stereocenters. The van der Waals surface area contributed by atoms with Gasteiger partial charge in [0.1, 0.15) is 0 Å². The van der Waals surface area contributed by atoms with Crippen molar-refractivity contribution in [3.05, 3.63) is 47.3 Å². The Morgan fingerprint density at radius 2 is 2.11 bits per heavy atom. The highest BCUT2D eigenvalue weighted by atomic mass is 19.4. The van der Waals surface area contributed by atoms with Crippen LogP contribution >= 0.6 is 0 Å². The van der Waals surface area contributed by atoms with Crippen molar-refractivity contribution in [2.75, 3.05) is 26.2 Å². The fourth-order valence-electron chi connectivity index (χ4n) is 3.39. The van der Waals surface area contributed by atoms with Crippen molar-refractivity contribution in [2.45, 2.75) is 31.6 Å². The third kappa shape index (κ3) is 4.87. The topological polar surface area (TPSA) is 83.3 Å². The molecule has 0 aliphatic carbocycles. The van der Waals surface area contributed by atoms with Crippen molar-refractivity contribution in [1.29, 1.82) is 0 Å². The summed E-state index contributed by atoms with van der Waals surface area (Å²) < 4.78 is 41.2. The van der Waals surface area contributed by atoms with E-state index in [1.807, 2.05) is 4.90 Å². The maximum atomic E-state index is 13.2. The third-order valence-corrected chi connectivity index (χ3v) is 4.71. The normalized spacial score (nSPS) is 18.2. The number of aliphatic hydroxyl groups excluding tert-OH is 1. The molecule has 152 valence electrons. The number of piperidine rings is 1. The lowest BCUT2D eigenvalue weighted by molar-refractivity contribution is -0.138. The number of benzene rings is 1. The Labute approximate surface area is 160 Å². The lowest BCUT2D eigenvalue weighted by Crippen LogP contribution is -2.36. The van der Waals surface area contributed by atoms with E-state index in [0.29, 0.717) is 13.1 Å². The van der Waals surface area contributed by atoms with Crippen LogP contribution in [0.4, 0.5) is 13.2 Å². The number of aliphatic hydroxyl groups is 1. The number of likely N-dealkylation sites (tertiary alicyclic amines) is 1. The van der Waals surface area contributed by atoms with Crippen LogP contribution in [-0.4, -0.2) is 57.1 Å². The predicted octanol–water partition coefficient (Wildman–Crippen LogP) is 1.86. The Hall–Kier alpha value is -2.46. The Morgan fingerprint density at radius 3 is 2.86 bits per heavy atom. The smallest absolute Gasteiger partial charge is 0.395 e. The Balaban J connectivity index is 1.67. The number of alkyl halides is 3. The average Bonchev–Trinajstić information content (AvgIpc) is 3.16. The summed E-state index contributed by atoms with van der Waals surface area (Å²) in [6.45, 7) is 1.37. The number of hydrogen-bond donors (Lipinski definition) is 2. The quantitative estimate of drug-likeness (QED) is 0.778. The zero-order chi connectivity index (χ0) is 20.1. The fourth-order valence-corrected chi connectivity index (χ4v) is 3.39. The van der Waals surface area contributed by atoms with Gasteiger partial charge < -0.3 is 10.4 Å². The molecule has 0 bridgehead atoms. The van der Waals surface area contributed by atoms with Crippen LogP contribution in [0.5, 0.6) is 0 Å². The minimum absolute atomic E-state index is 0.0707. The molecule has 1 saturated heterocycles. The van der Waals surface area contributed by atoms with Crippen LogP contribution in [0.25, 0.3) is 0 Å². The van der Waals surface area contributed by atoms with Gasteiger partial charge in [-0.1, -0.05) is 23.4 Å². The molecule has 1 fully saturated rings. The van der Waals surface area contributed by atoms with Gasteiger partial charge in [0.25, 0.3) is 5.91 Å². The zero-order valence-electron chi connectivity index (χ0n) is 15.2. The first-order valence-corrected chi connectivity index (χ1v) is 9.07. The number of amides is 1. The van der Waals surface area contributed by atoms with Crippen molar-refractivity contribution in [3.8, 4) is 0 Å². The molecule has 0 spiro atoms. The molecule has 0 radical (unpaired) electrons. The van der Waals surface area contributed by atoms with Gasteiger partial charge in [-0.3, -0.25) is 9.69 Å². The van der Waals surface area contributed by atoms with Gasteiger partial charge in [0.05, 0.1) is 24.4 Å². The number of aromatic nitrogens is 3. The monoisotopic (exact) mass is 397 g/mol. The van der Waals surface area contributed by atoms with Crippen molar-refractivity contribution >= 4 is 5.91 Å². The van der Waals surface area contributed by atoms with E-state index in [1.54, 1.807) is 10.7 Å². The summed E-state index contributed by atoms with van der Waals surface area (Å²) in [5.74, 6) is -0.424. The van der Waals surface area contributed by atoms with E-state index in [2.05, 4.69) is 15.6 Å². The lowest BCUT2D eigenvalue weighted by atomic mass is 10.0. The molecule has 2 N–H and O–H groups in total. The molecule has 1 atom stereocenters. The number of carbonyl (C=O) groups excluding carboxylic acids is 1. The number of rotatable bonds is 6. The van der Waals surface area contributed by atoms with Crippen LogP contribution in [0.1, 0.15) is 40.5 Å². The molecule has 2 aromatic rings. The Kier molecular flexibility index (Phi) is 6.30. The van der Waals surface area contributed by atoms with Crippen molar-refractivity contribution in [3.63, 3.8) is 0 Å². The van der Waals surface area contributed by atoms with E-state index in [0.717, 1.165) is 18.9 Å². The first kappa shape index (κ1) is 20.3. The molecule has 1 aliphatic heterocycles.